The van der Waals surface area contributed by atoms with Gasteiger partial charge in [-0.05, 0) is 37.0 Å². The number of primary amides is 1. The van der Waals surface area contributed by atoms with Crippen molar-refractivity contribution in [3.05, 3.63) is 48.2 Å². The van der Waals surface area contributed by atoms with Crippen LogP contribution in [0.3, 0.4) is 0 Å². The number of pyridine rings is 1. The summed E-state index contributed by atoms with van der Waals surface area (Å²) < 4.78 is 30.0. The Morgan fingerprint density at radius 3 is 2.38 bits per heavy atom. The Morgan fingerprint density at radius 2 is 1.81 bits per heavy atom. The van der Waals surface area contributed by atoms with E-state index in [2.05, 4.69) is 17.2 Å². The minimum atomic E-state index is -4.01. The van der Waals surface area contributed by atoms with Gasteiger partial charge >= 0.3 is 0 Å². The lowest BCUT2D eigenvalue weighted by atomic mass is 9.98. The van der Waals surface area contributed by atoms with E-state index in [0.717, 1.165) is 24.0 Å². The molecule has 1 fully saturated rings. The summed E-state index contributed by atoms with van der Waals surface area (Å²) in [5.41, 5.74) is 7.76. The number of sulfone groups is 1. The summed E-state index contributed by atoms with van der Waals surface area (Å²) in [6.07, 6.45) is 3.60. The van der Waals surface area contributed by atoms with Crippen LogP contribution in [0.4, 0.5) is 0 Å². The number of carbonyl (C=O) groups is 2. The summed E-state index contributed by atoms with van der Waals surface area (Å²) in [5, 5.41) is 2.89. The van der Waals surface area contributed by atoms with E-state index >= 15 is 0 Å². The molecule has 1 aliphatic heterocycles. The highest BCUT2D eigenvalue weighted by Gasteiger charge is 2.51. The van der Waals surface area contributed by atoms with Gasteiger partial charge in [0.15, 0.2) is 14.6 Å². The van der Waals surface area contributed by atoms with Crippen molar-refractivity contribution in [2.75, 3.05) is 19.8 Å². The van der Waals surface area contributed by atoms with Crippen LogP contribution in [0.1, 0.15) is 38.2 Å². The average Bonchev–Trinajstić information content (AvgIpc) is 2.80. The zero-order chi connectivity index (χ0) is 23.2. The summed E-state index contributed by atoms with van der Waals surface area (Å²) in [7, 11) is -4.01. The fourth-order valence-electron chi connectivity index (χ4n) is 3.73. The van der Waals surface area contributed by atoms with Crippen molar-refractivity contribution in [2.45, 2.75) is 48.7 Å². The fourth-order valence-corrected chi connectivity index (χ4v) is 5.59. The van der Waals surface area contributed by atoms with E-state index in [1.807, 2.05) is 24.3 Å². The second-order valence-electron chi connectivity index (χ2n) is 7.93. The van der Waals surface area contributed by atoms with E-state index < -0.39 is 20.5 Å². The molecule has 9 heteroatoms. The third-order valence-electron chi connectivity index (χ3n) is 5.78. The Kier molecular flexibility index (Phi) is 7.63. The van der Waals surface area contributed by atoms with Crippen LogP contribution in [0.5, 0.6) is 0 Å². The highest BCUT2D eigenvalue weighted by Crippen LogP contribution is 2.35. The van der Waals surface area contributed by atoms with Crippen molar-refractivity contribution in [1.29, 1.82) is 0 Å². The molecule has 3 N–H and O–H groups in total. The first kappa shape index (κ1) is 23.9. The van der Waals surface area contributed by atoms with Crippen LogP contribution in [0.15, 0.2) is 47.5 Å². The molecule has 1 aromatic heterocycles. The molecule has 0 atom stereocenters. The molecular formula is C23H29N3O5S. The van der Waals surface area contributed by atoms with Crippen molar-refractivity contribution >= 4 is 21.7 Å². The number of unbranched alkanes of at least 4 members (excludes halogenated alkanes) is 1. The predicted molar refractivity (Wildman–Crippen MR) is 120 cm³/mol. The number of amides is 2. The highest BCUT2D eigenvalue weighted by molar-refractivity contribution is 7.93. The van der Waals surface area contributed by atoms with E-state index in [4.69, 9.17) is 10.5 Å². The largest absolute Gasteiger partial charge is 0.381 e. The molecule has 1 aliphatic rings. The highest BCUT2D eigenvalue weighted by atomic mass is 32.2. The number of rotatable bonds is 9. The molecule has 172 valence electrons. The Balaban J connectivity index is 1.74. The first-order chi connectivity index (χ1) is 15.3. The van der Waals surface area contributed by atoms with Crippen molar-refractivity contribution in [1.82, 2.24) is 10.3 Å². The molecule has 1 aromatic carbocycles. The molecule has 3 rings (SSSR count). The molecule has 0 aliphatic carbocycles. The molecule has 0 spiro atoms. The molecule has 2 aromatic rings. The predicted octanol–water partition coefficient (Wildman–Crippen LogP) is 2.02. The number of nitrogens with two attached hydrogens (primary N) is 1. The first-order valence-corrected chi connectivity index (χ1v) is 12.2. The summed E-state index contributed by atoms with van der Waals surface area (Å²) >= 11 is 0. The zero-order valence-corrected chi connectivity index (χ0v) is 19.0. The molecular weight excluding hydrogens is 430 g/mol. The number of ether oxygens (including phenoxy) is 1. The van der Waals surface area contributed by atoms with Gasteiger partial charge in [0.25, 0.3) is 0 Å². The number of hydrogen-bond acceptors (Lipinski definition) is 6. The first-order valence-electron chi connectivity index (χ1n) is 10.7. The monoisotopic (exact) mass is 459 g/mol. The van der Waals surface area contributed by atoms with Gasteiger partial charge < -0.3 is 15.8 Å². The van der Waals surface area contributed by atoms with E-state index in [0.29, 0.717) is 18.7 Å². The Labute approximate surface area is 188 Å². The quantitative estimate of drug-likeness (QED) is 0.552. The minimum Gasteiger partial charge on any atom is -0.381 e. The van der Waals surface area contributed by atoms with Crippen LogP contribution in [0.2, 0.25) is 0 Å². The van der Waals surface area contributed by atoms with Gasteiger partial charge in [0, 0.05) is 31.5 Å². The van der Waals surface area contributed by atoms with Gasteiger partial charge in [-0.15, -0.1) is 0 Å². The molecule has 8 nitrogen and oxygen atoms in total. The molecule has 32 heavy (non-hydrogen) atoms. The molecule has 0 unspecified atom stereocenters. The molecule has 1 saturated heterocycles. The summed E-state index contributed by atoms with van der Waals surface area (Å²) in [5.74, 6) is -0.880. The minimum absolute atomic E-state index is 0.0182. The molecule has 2 amide bonds. The number of hydrogen-bond donors (Lipinski definition) is 2. The van der Waals surface area contributed by atoms with Crippen LogP contribution in [-0.4, -0.2) is 49.7 Å². The van der Waals surface area contributed by atoms with Crippen molar-refractivity contribution in [3.63, 3.8) is 0 Å². The maximum Gasteiger partial charge on any atom is 0.239 e. The van der Waals surface area contributed by atoms with Gasteiger partial charge in [0.2, 0.25) is 11.8 Å². The summed E-state index contributed by atoms with van der Waals surface area (Å²) in [6.45, 7) is 3.07. The Morgan fingerprint density at radius 1 is 1.12 bits per heavy atom. The van der Waals surface area contributed by atoms with Gasteiger partial charge in [0.1, 0.15) is 0 Å². The van der Waals surface area contributed by atoms with Crippen LogP contribution >= 0.6 is 0 Å². The van der Waals surface area contributed by atoms with E-state index in [1.165, 1.54) is 12.3 Å². The Bertz CT molecular complexity index is 1040. The van der Waals surface area contributed by atoms with Gasteiger partial charge in [-0.1, -0.05) is 37.6 Å². The number of carbonyl (C=O) groups excluding carboxylic acids is 2. The van der Waals surface area contributed by atoms with Gasteiger partial charge in [-0.25, -0.2) is 8.42 Å². The van der Waals surface area contributed by atoms with E-state index in [9.17, 15) is 18.0 Å². The maximum atomic E-state index is 13.2. The molecule has 0 saturated carbocycles. The van der Waals surface area contributed by atoms with Gasteiger partial charge in [0.05, 0.1) is 17.0 Å². The fraction of sp³-hybridized carbons (Fsp3) is 0.435. The second-order valence-corrected chi connectivity index (χ2v) is 10.2. The number of benzene rings is 1. The standard InChI is InChI=1S/C23H29N3O5S/c1-2-3-12-25-21(27)15-17-4-6-18(7-5-17)20-9-8-19(16-26-20)32(29,30)23(22(24)28)10-13-31-14-11-23/h4-9,16H,2-3,10-15H2,1H3,(H2,24,28)(H,25,27). The zero-order valence-electron chi connectivity index (χ0n) is 18.2. The Hall–Kier alpha value is -2.78. The maximum absolute atomic E-state index is 13.2. The van der Waals surface area contributed by atoms with Crippen LogP contribution in [-0.2, 0) is 30.6 Å². The van der Waals surface area contributed by atoms with E-state index in [-0.39, 0.29) is 36.9 Å². The van der Waals surface area contributed by atoms with Gasteiger partial charge in [-0.2, -0.15) is 0 Å². The van der Waals surface area contributed by atoms with E-state index in [1.54, 1.807) is 6.07 Å². The lowest BCUT2D eigenvalue weighted by molar-refractivity contribution is -0.123. The third kappa shape index (κ3) is 4.99. The van der Waals surface area contributed by atoms with Gasteiger partial charge in [-0.3, -0.25) is 14.6 Å². The SMILES string of the molecule is CCCCNC(=O)Cc1ccc(-c2ccc(S(=O)(=O)C3(C(N)=O)CCOCC3)cn2)cc1. The van der Waals surface area contributed by atoms with Crippen LogP contribution < -0.4 is 11.1 Å². The topological polar surface area (TPSA) is 128 Å². The van der Waals surface area contributed by atoms with Crippen molar-refractivity contribution in [2.24, 2.45) is 5.73 Å². The molecule has 2 heterocycles. The number of nitrogens with zero attached hydrogens (tertiary/aromatic N) is 1. The third-order valence-corrected chi connectivity index (χ3v) is 8.28. The lowest BCUT2D eigenvalue weighted by Gasteiger charge is -2.33. The smallest absolute Gasteiger partial charge is 0.239 e. The van der Waals surface area contributed by atoms with Crippen molar-refractivity contribution in [3.8, 4) is 11.3 Å². The summed E-state index contributed by atoms with van der Waals surface area (Å²) in [6, 6.07) is 10.4. The number of aromatic nitrogens is 1. The molecule has 0 bridgehead atoms. The molecule has 0 radical (unpaired) electrons. The van der Waals surface area contributed by atoms with Crippen LogP contribution in [0, 0.1) is 0 Å². The van der Waals surface area contributed by atoms with Crippen LogP contribution in [0.25, 0.3) is 11.3 Å². The second kappa shape index (κ2) is 10.2. The normalized spacial score (nSPS) is 15.8. The summed E-state index contributed by atoms with van der Waals surface area (Å²) in [4.78, 5) is 28.3. The van der Waals surface area contributed by atoms with Crippen molar-refractivity contribution < 1.29 is 22.7 Å². The number of nitrogens with one attached hydrogen (secondary N) is 1. The average molecular weight is 460 g/mol. The lowest BCUT2D eigenvalue weighted by Crippen LogP contribution is -2.53.